The van der Waals surface area contributed by atoms with Crippen molar-refractivity contribution in [2.45, 2.75) is 0 Å². The zero-order valence-electron chi connectivity index (χ0n) is 15.8. The standard InChI is InChI=1S/C24H16N2O4/c27-21(16-13-17-11-14-20(15-12-17)26(28)29)24-25-22(18-7-3-1-4-8-18)23(30-24)19-9-5-2-6-10-19/h1-16H/b16-13+. The molecule has 4 rings (SSSR count). The fourth-order valence-electron chi connectivity index (χ4n) is 2.95. The van der Waals surface area contributed by atoms with Crippen LogP contribution in [0.2, 0.25) is 0 Å². The van der Waals surface area contributed by atoms with Crippen LogP contribution in [0.5, 0.6) is 0 Å². The molecule has 0 aliphatic rings. The maximum atomic E-state index is 12.7. The lowest BCUT2D eigenvalue weighted by molar-refractivity contribution is -0.384. The Morgan fingerprint density at radius 3 is 2.07 bits per heavy atom. The van der Waals surface area contributed by atoms with Gasteiger partial charge in [-0.2, -0.15) is 0 Å². The second-order valence-corrected chi connectivity index (χ2v) is 6.48. The van der Waals surface area contributed by atoms with E-state index in [1.54, 1.807) is 18.2 Å². The van der Waals surface area contributed by atoms with Crippen LogP contribution in [0.1, 0.15) is 16.2 Å². The Morgan fingerprint density at radius 1 is 0.867 bits per heavy atom. The first-order valence-corrected chi connectivity index (χ1v) is 9.20. The number of nitro groups is 1. The van der Waals surface area contributed by atoms with Crippen LogP contribution in [0.3, 0.4) is 0 Å². The van der Waals surface area contributed by atoms with Gasteiger partial charge in [0.15, 0.2) is 5.76 Å². The largest absolute Gasteiger partial charge is 0.433 e. The molecule has 3 aromatic carbocycles. The van der Waals surface area contributed by atoms with E-state index in [0.717, 1.165) is 11.1 Å². The first-order chi connectivity index (χ1) is 14.6. The van der Waals surface area contributed by atoms with Crippen LogP contribution >= 0.6 is 0 Å². The van der Waals surface area contributed by atoms with Crippen LogP contribution < -0.4 is 0 Å². The van der Waals surface area contributed by atoms with E-state index in [0.29, 0.717) is 17.0 Å². The fourth-order valence-corrected chi connectivity index (χ4v) is 2.95. The van der Waals surface area contributed by atoms with Crippen molar-refractivity contribution in [1.29, 1.82) is 0 Å². The topological polar surface area (TPSA) is 86.2 Å². The summed E-state index contributed by atoms with van der Waals surface area (Å²) in [5.41, 5.74) is 2.91. The lowest BCUT2D eigenvalue weighted by atomic mass is 10.1. The van der Waals surface area contributed by atoms with Gasteiger partial charge < -0.3 is 4.42 Å². The summed E-state index contributed by atoms with van der Waals surface area (Å²) >= 11 is 0. The number of benzene rings is 3. The molecule has 0 saturated heterocycles. The molecule has 0 amide bonds. The Bertz CT molecular complexity index is 1150. The average molecular weight is 396 g/mol. The molecule has 0 fully saturated rings. The predicted octanol–water partition coefficient (Wildman–Crippen LogP) is 5.81. The van der Waals surface area contributed by atoms with E-state index in [1.165, 1.54) is 18.2 Å². The van der Waals surface area contributed by atoms with Crippen LogP contribution in [0, 0.1) is 10.1 Å². The molecule has 0 saturated carbocycles. The number of ketones is 1. The van der Waals surface area contributed by atoms with Gasteiger partial charge in [0, 0.05) is 23.3 Å². The normalized spacial score (nSPS) is 10.9. The van der Waals surface area contributed by atoms with E-state index in [1.807, 2.05) is 60.7 Å². The Morgan fingerprint density at radius 2 is 1.47 bits per heavy atom. The molecular formula is C24H16N2O4. The van der Waals surface area contributed by atoms with Crippen molar-refractivity contribution in [2.75, 3.05) is 0 Å². The SMILES string of the molecule is O=C(/C=C/c1ccc([N+](=O)[O-])cc1)c1nc(-c2ccccc2)c(-c2ccccc2)o1. The Hall–Kier alpha value is -4.32. The summed E-state index contributed by atoms with van der Waals surface area (Å²) in [5.74, 6) is 0.104. The number of allylic oxidation sites excluding steroid dienone is 1. The van der Waals surface area contributed by atoms with Gasteiger partial charge in [0.05, 0.1) is 4.92 Å². The number of hydrogen-bond donors (Lipinski definition) is 0. The van der Waals surface area contributed by atoms with Crippen LogP contribution in [-0.4, -0.2) is 15.7 Å². The molecule has 6 heteroatoms. The second-order valence-electron chi connectivity index (χ2n) is 6.48. The number of aromatic nitrogens is 1. The van der Waals surface area contributed by atoms with Crippen molar-refractivity contribution < 1.29 is 14.1 Å². The number of rotatable bonds is 6. The van der Waals surface area contributed by atoms with Gasteiger partial charge in [-0.15, -0.1) is 0 Å². The maximum absolute atomic E-state index is 12.7. The van der Waals surface area contributed by atoms with Crippen molar-refractivity contribution in [2.24, 2.45) is 0 Å². The van der Waals surface area contributed by atoms with Gasteiger partial charge in [-0.05, 0) is 23.8 Å². The van der Waals surface area contributed by atoms with Gasteiger partial charge in [0.25, 0.3) is 11.6 Å². The number of carbonyl (C=O) groups is 1. The Balaban J connectivity index is 1.66. The summed E-state index contributed by atoms with van der Waals surface area (Å²) in [7, 11) is 0. The van der Waals surface area contributed by atoms with Crippen molar-refractivity contribution in [3.8, 4) is 22.6 Å². The third-order valence-corrected chi connectivity index (χ3v) is 4.45. The molecule has 0 atom stereocenters. The summed E-state index contributed by atoms with van der Waals surface area (Å²) in [5, 5.41) is 10.7. The molecule has 0 aliphatic heterocycles. The zero-order valence-corrected chi connectivity index (χ0v) is 15.8. The molecule has 1 aromatic heterocycles. The summed E-state index contributed by atoms with van der Waals surface area (Å²) < 4.78 is 5.85. The molecule has 0 N–H and O–H groups in total. The van der Waals surface area contributed by atoms with Crippen LogP contribution in [0.4, 0.5) is 5.69 Å². The van der Waals surface area contributed by atoms with Gasteiger partial charge in [0.1, 0.15) is 5.69 Å². The molecule has 6 nitrogen and oxygen atoms in total. The minimum absolute atomic E-state index is 0.00816. The highest BCUT2D eigenvalue weighted by Gasteiger charge is 2.19. The van der Waals surface area contributed by atoms with E-state index in [2.05, 4.69) is 4.98 Å². The molecule has 0 bridgehead atoms. The predicted molar refractivity (Wildman–Crippen MR) is 114 cm³/mol. The summed E-state index contributed by atoms with van der Waals surface area (Å²) in [4.78, 5) is 27.4. The van der Waals surface area contributed by atoms with E-state index in [-0.39, 0.29) is 11.6 Å². The van der Waals surface area contributed by atoms with Crippen LogP contribution in [0.25, 0.3) is 28.7 Å². The van der Waals surface area contributed by atoms with E-state index >= 15 is 0 Å². The zero-order chi connectivity index (χ0) is 20.9. The molecule has 0 radical (unpaired) electrons. The average Bonchev–Trinajstić information content (AvgIpc) is 3.24. The number of non-ortho nitro benzene ring substituents is 1. The lowest BCUT2D eigenvalue weighted by Gasteiger charge is -2.00. The van der Waals surface area contributed by atoms with Gasteiger partial charge >= 0.3 is 0 Å². The van der Waals surface area contributed by atoms with Crippen LogP contribution in [-0.2, 0) is 0 Å². The highest BCUT2D eigenvalue weighted by Crippen LogP contribution is 2.32. The van der Waals surface area contributed by atoms with Crippen molar-refractivity contribution in [3.05, 3.63) is 113 Å². The van der Waals surface area contributed by atoms with E-state index in [9.17, 15) is 14.9 Å². The number of nitro benzene ring substituents is 1. The van der Waals surface area contributed by atoms with E-state index < -0.39 is 10.7 Å². The third kappa shape index (κ3) is 4.07. The first kappa shape index (κ1) is 19.0. The smallest absolute Gasteiger partial charge is 0.269 e. The molecule has 146 valence electrons. The molecule has 30 heavy (non-hydrogen) atoms. The number of nitrogens with zero attached hydrogens (tertiary/aromatic N) is 2. The van der Waals surface area contributed by atoms with Gasteiger partial charge in [-0.3, -0.25) is 14.9 Å². The molecule has 0 unspecified atom stereocenters. The van der Waals surface area contributed by atoms with Gasteiger partial charge in [-0.25, -0.2) is 4.98 Å². The molecular weight excluding hydrogens is 380 g/mol. The minimum atomic E-state index is -0.471. The molecule has 4 aromatic rings. The van der Waals surface area contributed by atoms with E-state index in [4.69, 9.17) is 4.42 Å². The Labute approximate surface area is 172 Å². The number of carbonyl (C=O) groups excluding carboxylic acids is 1. The maximum Gasteiger partial charge on any atom is 0.269 e. The summed E-state index contributed by atoms with van der Waals surface area (Å²) in [6.07, 6.45) is 2.91. The number of oxazole rings is 1. The summed E-state index contributed by atoms with van der Waals surface area (Å²) in [6.45, 7) is 0. The van der Waals surface area contributed by atoms with Crippen molar-refractivity contribution >= 4 is 17.5 Å². The first-order valence-electron chi connectivity index (χ1n) is 9.20. The minimum Gasteiger partial charge on any atom is -0.433 e. The van der Waals surface area contributed by atoms with Gasteiger partial charge in [0.2, 0.25) is 5.78 Å². The highest BCUT2D eigenvalue weighted by atomic mass is 16.6. The molecule has 0 aliphatic carbocycles. The van der Waals surface area contributed by atoms with Crippen LogP contribution in [0.15, 0.2) is 95.4 Å². The van der Waals surface area contributed by atoms with Crippen molar-refractivity contribution in [3.63, 3.8) is 0 Å². The fraction of sp³-hybridized carbons (Fsp3) is 0. The van der Waals surface area contributed by atoms with Gasteiger partial charge in [-0.1, -0.05) is 66.7 Å². The lowest BCUT2D eigenvalue weighted by Crippen LogP contribution is -1.94. The highest BCUT2D eigenvalue weighted by molar-refractivity contribution is 6.04. The van der Waals surface area contributed by atoms with Crippen molar-refractivity contribution in [1.82, 2.24) is 4.98 Å². The molecule has 1 heterocycles. The monoisotopic (exact) mass is 396 g/mol. The second kappa shape index (κ2) is 8.36. The number of hydrogen-bond acceptors (Lipinski definition) is 5. The third-order valence-electron chi connectivity index (χ3n) is 4.45. The quantitative estimate of drug-likeness (QED) is 0.178. The Kier molecular flexibility index (Phi) is 5.30. The molecule has 0 spiro atoms. The summed E-state index contributed by atoms with van der Waals surface area (Å²) in [6, 6.07) is 24.9.